The van der Waals surface area contributed by atoms with Crippen LogP contribution in [0.3, 0.4) is 0 Å². The van der Waals surface area contributed by atoms with E-state index in [0.29, 0.717) is 11.1 Å². The highest BCUT2D eigenvalue weighted by Gasteiger charge is 2.06. The van der Waals surface area contributed by atoms with Crippen molar-refractivity contribution in [3.8, 4) is 11.1 Å². The van der Waals surface area contributed by atoms with Gasteiger partial charge in [-0.25, -0.2) is 0 Å². The second-order valence-corrected chi connectivity index (χ2v) is 4.24. The zero-order chi connectivity index (χ0) is 11.5. The van der Waals surface area contributed by atoms with Crippen molar-refractivity contribution in [3.63, 3.8) is 0 Å². The first kappa shape index (κ1) is 10.8. The van der Waals surface area contributed by atoms with Crippen molar-refractivity contribution in [1.82, 2.24) is 0 Å². The smallest absolute Gasteiger partial charge is 0.159 e. The lowest BCUT2D eigenvalue weighted by Gasteiger charge is -2.01. The molecule has 16 heavy (non-hydrogen) atoms. The van der Waals surface area contributed by atoms with Crippen LogP contribution in [0.25, 0.3) is 11.1 Å². The van der Waals surface area contributed by atoms with Crippen molar-refractivity contribution in [2.45, 2.75) is 6.92 Å². The summed E-state index contributed by atoms with van der Waals surface area (Å²) < 4.78 is 0. The maximum atomic E-state index is 11.1. The van der Waals surface area contributed by atoms with Gasteiger partial charge in [0.2, 0.25) is 0 Å². The predicted octanol–water partition coefficient (Wildman–Crippen LogP) is 3.43. The van der Waals surface area contributed by atoms with E-state index in [2.05, 4.69) is 0 Å². The van der Waals surface area contributed by atoms with Gasteiger partial charge in [-0.2, -0.15) is 11.3 Å². The Morgan fingerprint density at radius 3 is 2.44 bits per heavy atom. The average molecular weight is 230 g/mol. The van der Waals surface area contributed by atoms with Gasteiger partial charge in [0.05, 0.1) is 0 Å². The lowest BCUT2D eigenvalue weighted by atomic mass is 10.0. The van der Waals surface area contributed by atoms with E-state index in [-0.39, 0.29) is 5.78 Å². The maximum absolute atomic E-state index is 11.1. The van der Waals surface area contributed by atoms with Gasteiger partial charge in [0.1, 0.15) is 0 Å². The molecule has 0 radical (unpaired) electrons. The summed E-state index contributed by atoms with van der Waals surface area (Å²) in [5, 5.41) is 3.76. The Morgan fingerprint density at radius 2 is 1.88 bits per heavy atom. The van der Waals surface area contributed by atoms with Crippen LogP contribution in [0, 0.1) is 0 Å². The molecule has 0 fully saturated rings. The van der Waals surface area contributed by atoms with Crippen molar-refractivity contribution >= 4 is 23.4 Å². The van der Waals surface area contributed by atoms with Crippen molar-refractivity contribution < 1.29 is 9.59 Å². The van der Waals surface area contributed by atoms with Crippen molar-refractivity contribution in [3.05, 3.63) is 46.2 Å². The van der Waals surface area contributed by atoms with Crippen LogP contribution >= 0.6 is 11.3 Å². The summed E-state index contributed by atoms with van der Waals surface area (Å²) in [5.74, 6) is 0.0486. The lowest BCUT2D eigenvalue weighted by Crippen LogP contribution is -1.91. The Hall–Kier alpha value is -1.74. The molecular formula is C13H10O2S. The molecule has 2 rings (SSSR count). The van der Waals surface area contributed by atoms with Gasteiger partial charge in [-0.05, 0) is 17.9 Å². The molecule has 0 aliphatic heterocycles. The van der Waals surface area contributed by atoms with Crippen molar-refractivity contribution in [1.29, 1.82) is 0 Å². The van der Waals surface area contributed by atoms with Gasteiger partial charge in [-0.1, -0.05) is 24.3 Å². The summed E-state index contributed by atoms with van der Waals surface area (Å²) in [6.45, 7) is 1.54. The van der Waals surface area contributed by atoms with E-state index < -0.39 is 0 Å². The van der Waals surface area contributed by atoms with Crippen LogP contribution in [0.1, 0.15) is 27.6 Å². The topological polar surface area (TPSA) is 34.1 Å². The Labute approximate surface area is 97.5 Å². The van der Waals surface area contributed by atoms with Crippen LogP contribution in [0.5, 0.6) is 0 Å². The zero-order valence-corrected chi connectivity index (χ0v) is 9.58. The third-order valence-electron chi connectivity index (χ3n) is 2.42. The third-order valence-corrected chi connectivity index (χ3v) is 3.18. The number of hydrogen-bond donors (Lipinski definition) is 0. The number of hydrogen-bond acceptors (Lipinski definition) is 3. The van der Waals surface area contributed by atoms with Gasteiger partial charge in [-0.3, -0.25) is 9.59 Å². The minimum Gasteiger partial charge on any atom is -0.298 e. The largest absolute Gasteiger partial charge is 0.298 e. The minimum absolute atomic E-state index is 0.0486. The molecule has 0 saturated heterocycles. The maximum Gasteiger partial charge on any atom is 0.159 e. The first-order chi connectivity index (χ1) is 7.72. The molecule has 0 saturated carbocycles. The number of carbonyl (C=O) groups excluding carboxylic acids is 2. The van der Waals surface area contributed by atoms with Crippen LogP contribution in [-0.2, 0) is 0 Å². The standard InChI is InChI=1S/C13H10O2S/c1-9(15)10-2-4-11(5-3-10)13-8-16-7-12(13)6-14/h2-8H,1H3. The molecule has 80 valence electrons. The fourth-order valence-corrected chi connectivity index (χ4v) is 2.32. The highest BCUT2D eigenvalue weighted by molar-refractivity contribution is 7.08. The minimum atomic E-state index is 0.0486. The van der Waals surface area contributed by atoms with E-state index in [1.807, 2.05) is 22.9 Å². The number of Topliss-reactive ketones (excluding diaryl/α,β-unsaturated/α-hetero) is 1. The molecule has 2 aromatic rings. The predicted molar refractivity (Wildman–Crippen MR) is 65.1 cm³/mol. The highest BCUT2D eigenvalue weighted by atomic mass is 32.1. The van der Waals surface area contributed by atoms with E-state index in [4.69, 9.17) is 0 Å². The number of rotatable bonds is 3. The van der Waals surface area contributed by atoms with Crippen LogP contribution < -0.4 is 0 Å². The molecule has 1 heterocycles. The van der Waals surface area contributed by atoms with E-state index in [9.17, 15) is 9.59 Å². The van der Waals surface area contributed by atoms with Crippen molar-refractivity contribution in [2.75, 3.05) is 0 Å². The Balaban J connectivity index is 2.42. The van der Waals surface area contributed by atoms with Gasteiger partial charge in [-0.15, -0.1) is 0 Å². The summed E-state index contributed by atoms with van der Waals surface area (Å²) in [6, 6.07) is 7.30. The fraction of sp³-hybridized carbons (Fsp3) is 0.0769. The van der Waals surface area contributed by atoms with Gasteiger partial charge in [0.25, 0.3) is 0 Å². The summed E-state index contributed by atoms with van der Waals surface area (Å²) in [6.07, 6.45) is 0.852. The molecule has 0 atom stereocenters. The molecule has 1 aromatic carbocycles. The normalized spacial score (nSPS) is 10.1. The molecule has 0 N–H and O–H groups in total. The summed E-state index contributed by atoms with van der Waals surface area (Å²) in [4.78, 5) is 21.9. The number of ketones is 1. The van der Waals surface area contributed by atoms with Gasteiger partial charge in [0, 0.05) is 22.1 Å². The molecule has 0 amide bonds. The monoisotopic (exact) mass is 230 g/mol. The third kappa shape index (κ3) is 1.95. The second-order valence-electron chi connectivity index (χ2n) is 3.49. The zero-order valence-electron chi connectivity index (χ0n) is 8.77. The molecule has 0 unspecified atom stereocenters. The van der Waals surface area contributed by atoms with E-state index >= 15 is 0 Å². The van der Waals surface area contributed by atoms with E-state index in [1.54, 1.807) is 12.1 Å². The van der Waals surface area contributed by atoms with Crippen LogP contribution in [-0.4, -0.2) is 12.1 Å². The second kappa shape index (κ2) is 4.41. The molecule has 0 aliphatic carbocycles. The van der Waals surface area contributed by atoms with Crippen LogP contribution in [0.2, 0.25) is 0 Å². The molecule has 1 aromatic heterocycles. The summed E-state index contributed by atoms with van der Waals surface area (Å²) in [5.41, 5.74) is 3.27. The Kier molecular flexibility index (Phi) is 2.97. The first-order valence-electron chi connectivity index (χ1n) is 4.85. The molecule has 2 nitrogen and oxygen atoms in total. The molecule has 0 aliphatic rings. The quantitative estimate of drug-likeness (QED) is 0.598. The highest BCUT2D eigenvalue weighted by Crippen LogP contribution is 2.26. The Bertz CT molecular complexity index is 523. The van der Waals surface area contributed by atoms with E-state index in [1.165, 1.54) is 18.3 Å². The van der Waals surface area contributed by atoms with Crippen LogP contribution in [0.4, 0.5) is 0 Å². The summed E-state index contributed by atoms with van der Waals surface area (Å²) >= 11 is 1.50. The molecule has 0 bridgehead atoms. The van der Waals surface area contributed by atoms with Gasteiger partial charge in [0.15, 0.2) is 12.1 Å². The van der Waals surface area contributed by atoms with Gasteiger partial charge >= 0.3 is 0 Å². The van der Waals surface area contributed by atoms with Gasteiger partial charge < -0.3 is 0 Å². The average Bonchev–Trinajstić information content (AvgIpc) is 2.77. The van der Waals surface area contributed by atoms with Crippen molar-refractivity contribution in [2.24, 2.45) is 0 Å². The van der Waals surface area contributed by atoms with Crippen LogP contribution in [0.15, 0.2) is 35.0 Å². The molecule has 0 spiro atoms. The first-order valence-corrected chi connectivity index (χ1v) is 5.79. The van der Waals surface area contributed by atoms with E-state index in [0.717, 1.165) is 17.4 Å². The summed E-state index contributed by atoms with van der Waals surface area (Å²) in [7, 11) is 0. The lowest BCUT2D eigenvalue weighted by molar-refractivity contribution is 0.101. The number of thiophene rings is 1. The molecular weight excluding hydrogens is 220 g/mol. The SMILES string of the molecule is CC(=O)c1ccc(-c2cscc2C=O)cc1. The Morgan fingerprint density at radius 1 is 1.19 bits per heavy atom. The number of carbonyl (C=O) groups is 2. The number of aldehydes is 1. The fourth-order valence-electron chi connectivity index (χ4n) is 1.52. The molecule has 3 heteroatoms. The number of benzene rings is 1.